The number of hydrogen-bond donors (Lipinski definition) is 3. The lowest BCUT2D eigenvalue weighted by atomic mass is 10.1. The molecule has 1 heterocycles. The number of nitrogens with one attached hydrogen (secondary N) is 2. The quantitative estimate of drug-likeness (QED) is 0.301. The predicted molar refractivity (Wildman–Crippen MR) is 115 cm³/mol. The molecule has 0 bridgehead atoms. The minimum Gasteiger partial charge on any atom is -0.386 e. The van der Waals surface area contributed by atoms with E-state index in [9.17, 15) is 9.50 Å². The zero-order chi connectivity index (χ0) is 18.9. The van der Waals surface area contributed by atoms with E-state index in [1.165, 1.54) is 6.07 Å². The number of nitrogens with zero attached hydrogens (tertiary/aromatic N) is 2. The molecule has 0 radical (unpaired) electrons. The molecule has 1 atom stereocenters. The van der Waals surface area contributed by atoms with Gasteiger partial charge in [0, 0.05) is 30.6 Å². The fourth-order valence-electron chi connectivity index (χ4n) is 2.67. The Balaban J connectivity index is 0.00000364. The van der Waals surface area contributed by atoms with E-state index in [-0.39, 0.29) is 36.1 Å². The molecular weight excluding hydrogens is 462 g/mol. The Kier molecular flexibility index (Phi) is 10.3. The Hall–Kier alpha value is -1.68. The molecule has 1 aromatic carbocycles. The molecule has 0 saturated heterocycles. The molecule has 6 nitrogen and oxygen atoms in total. The second kappa shape index (κ2) is 11.9. The van der Waals surface area contributed by atoms with Crippen LogP contribution < -0.4 is 10.6 Å². The molecular formula is C19H28FIN4O2. The molecule has 0 fully saturated rings. The fraction of sp³-hybridized carbons (Fsp3) is 0.474. The van der Waals surface area contributed by atoms with E-state index >= 15 is 0 Å². The summed E-state index contributed by atoms with van der Waals surface area (Å²) in [5, 5.41) is 20.5. The average Bonchev–Trinajstić information content (AvgIpc) is 3.06. The molecule has 0 amide bonds. The first-order chi connectivity index (χ1) is 12.6. The zero-order valence-corrected chi connectivity index (χ0v) is 18.3. The Morgan fingerprint density at radius 2 is 1.96 bits per heavy atom. The van der Waals surface area contributed by atoms with Gasteiger partial charge in [-0.3, -0.25) is 0 Å². The Morgan fingerprint density at radius 3 is 2.59 bits per heavy atom. The summed E-state index contributed by atoms with van der Waals surface area (Å²) >= 11 is 0. The first-order valence-corrected chi connectivity index (χ1v) is 9.01. The number of aliphatic hydroxyl groups excluding tert-OH is 1. The van der Waals surface area contributed by atoms with Crippen molar-refractivity contribution in [3.8, 4) is 0 Å². The Morgan fingerprint density at radius 1 is 1.22 bits per heavy atom. The molecule has 0 spiro atoms. The van der Waals surface area contributed by atoms with Crippen molar-refractivity contribution in [2.45, 2.75) is 46.3 Å². The predicted octanol–water partition coefficient (Wildman–Crippen LogP) is 3.35. The standard InChI is InChI=1S/C19H27FN4O2.HI/c1-4-16-14(18(5-2)26-24-16)11-22-19(21-6-3)23-12-17(25)13-9-7-8-10-15(13)20;/h7-10,17,25H,4-6,11-12H2,1-3H3,(H2,21,22,23);1H. The van der Waals surface area contributed by atoms with Gasteiger partial charge in [-0.05, 0) is 19.4 Å². The van der Waals surface area contributed by atoms with Gasteiger partial charge in [0.15, 0.2) is 5.96 Å². The highest BCUT2D eigenvalue weighted by atomic mass is 127. The third-order valence-corrected chi connectivity index (χ3v) is 4.07. The zero-order valence-electron chi connectivity index (χ0n) is 16.0. The van der Waals surface area contributed by atoms with Crippen LogP contribution in [0, 0.1) is 5.82 Å². The van der Waals surface area contributed by atoms with Gasteiger partial charge < -0.3 is 20.3 Å². The van der Waals surface area contributed by atoms with Crippen molar-refractivity contribution in [2.75, 3.05) is 13.1 Å². The van der Waals surface area contributed by atoms with Crippen LogP contribution in [0.3, 0.4) is 0 Å². The topological polar surface area (TPSA) is 82.7 Å². The first kappa shape index (κ1) is 23.4. The summed E-state index contributed by atoms with van der Waals surface area (Å²) in [6.07, 6.45) is 0.575. The van der Waals surface area contributed by atoms with Crippen molar-refractivity contribution < 1.29 is 14.0 Å². The number of rotatable bonds is 8. The number of aryl methyl sites for hydroxylation is 2. The van der Waals surface area contributed by atoms with Gasteiger partial charge in [0.25, 0.3) is 0 Å². The summed E-state index contributed by atoms with van der Waals surface area (Å²) in [7, 11) is 0. The van der Waals surface area contributed by atoms with Crippen LogP contribution in [0.4, 0.5) is 4.39 Å². The number of aromatic nitrogens is 1. The van der Waals surface area contributed by atoms with Crippen molar-refractivity contribution in [1.29, 1.82) is 0 Å². The van der Waals surface area contributed by atoms with Crippen LogP contribution in [0.1, 0.15) is 49.5 Å². The average molecular weight is 490 g/mol. The highest BCUT2D eigenvalue weighted by Crippen LogP contribution is 2.17. The van der Waals surface area contributed by atoms with Crippen molar-refractivity contribution in [2.24, 2.45) is 4.99 Å². The molecule has 1 aromatic heterocycles. The molecule has 0 aliphatic heterocycles. The van der Waals surface area contributed by atoms with E-state index in [2.05, 4.69) is 20.8 Å². The van der Waals surface area contributed by atoms with Crippen LogP contribution in [-0.2, 0) is 19.4 Å². The molecule has 8 heteroatoms. The SMILES string of the molecule is CCNC(=NCc1c(CC)noc1CC)NCC(O)c1ccccc1F.I. The van der Waals surface area contributed by atoms with Gasteiger partial charge >= 0.3 is 0 Å². The first-order valence-electron chi connectivity index (χ1n) is 9.01. The van der Waals surface area contributed by atoms with Crippen LogP contribution in [-0.4, -0.2) is 29.3 Å². The van der Waals surface area contributed by atoms with Gasteiger partial charge in [0.05, 0.1) is 18.3 Å². The van der Waals surface area contributed by atoms with Gasteiger partial charge in [-0.1, -0.05) is 37.2 Å². The van der Waals surface area contributed by atoms with Crippen molar-refractivity contribution in [3.05, 3.63) is 52.7 Å². The van der Waals surface area contributed by atoms with E-state index < -0.39 is 11.9 Å². The van der Waals surface area contributed by atoms with Gasteiger partial charge in [0.2, 0.25) is 0 Å². The molecule has 1 unspecified atom stereocenters. The third-order valence-electron chi connectivity index (χ3n) is 4.07. The van der Waals surface area contributed by atoms with Crippen LogP contribution in [0.25, 0.3) is 0 Å². The smallest absolute Gasteiger partial charge is 0.191 e. The lowest BCUT2D eigenvalue weighted by Crippen LogP contribution is -2.39. The van der Waals surface area contributed by atoms with E-state index in [1.54, 1.807) is 18.2 Å². The maximum absolute atomic E-state index is 13.8. The fourth-order valence-corrected chi connectivity index (χ4v) is 2.67. The van der Waals surface area contributed by atoms with Crippen LogP contribution in [0.5, 0.6) is 0 Å². The minimum absolute atomic E-state index is 0. The van der Waals surface area contributed by atoms with Crippen LogP contribution >= 0.6 is 24.0 Å². The van der Waals surface area contributed by atoms with E-state index in [4.69, 9.17) is 4.52 Å². The molecule has 2 rings (SSSR count). The molecule has 2 aromatic rings. The summed E-state index contributed by atoms with van der Waals surface area (Å²) in [5.74, 6) is 0.967. The largest absolute Gasteiger partial charge is 0.386 e. The van der Waals surface area contributed by atoms with Gasteiger partial charge in [0.1, 0.15) is 11.6 Å². The highest BCUT2D eigenvalue weighted by molar-refractivity contribution is 14.0. The van der Waals surface area contributed by atoms with Gasteiger partial charge in [-0.25, -0.2) is 9.38 Å². The Bertz CT molecular complexity index is 715. The number of guanidine groups is 1. The van der Waals surface area contributed by atoms with Crippen molar-refractivity contribution in [1.82, 2.24) is 15.8 Å². The number of benzene rings is 1. The van der Waals surface area contributed by atoms with Gasteiger partial charge in [-0.15, -0.1) is 24.0 Å². The highest BCUT2D eigenvalue weighted by Gasteiger charge is 2.15. The summed E-state index contributed by atoms with van der Waals surface area (Å²) < 4.78 is 19.1. The van der Waals surface area contributed by atoms with E-state index in [1.807, 2.05) is 20.8 Å². The van der Waals surface area contributed by atoms with Crippen LogP contribution in [0.15, 0.2) is 33.8 Å². The molecule has 150 valence electrons. The maximum Gasteiger partial charge on any atom is 0.191 e. The number of aliphatic hydroxyl groups is 1. The lowest BCUT2D eigenvalue weighted by Gasteiger charge is -2.16. The second-order valence-corrected chi connectivity index (χ2v) is 5.85. The maximum atomic E-state index is 13.8. The van der Waals surface area contributed by atoms with Gasteiger partial charge in [-0.2, -0.15) is 0 Å². The number of aliphatic imine (C=N–C) groups is 1. The number of halogens is 2. The molecule has 0 aliphatic carbocycles. The number of hydrogen-bond acceptors (Lipinski definition) is 4. The summed E-state index contributed by atoms with van der Waals surface area (Å²) in [6.45, 7) is 7.25. The minimum atomic E-state index is -0.965. The summed E-state index contributed by atoms with van der Waals surface area (Å²) in [4.78, 5) is 4.55. The molecule has 0 aliphatic rings. The van der Waals surface area contributed by atoms with E-state index in [0.717, 1.165) is 29.9 Å². The Labute approximate surface area is 176 Å². The second-order valence-electron chi connectivity index (χ2n) is 5.85. The summed E-state index contributed by atoms with van der Waals surface area (Å²) in [5.41, 5.74) is 2.17. The van der Waals surface area contributed by atoms with Crippen molar-refractivity contribution >= 4 is 29.9 Å². The van der Waals surface area contributed by atoms with E-state index in [0.29, 0.717) is 19.0 Å². The monoisotopic (exact) mass is 490 g/mol. The third kappa shape index (κ3) is 6.46. The molecule has 0 saturated carbocycles. The molecule has 3 N–H and O–H groups in total. The normalized spacial score (nSPS) is 12.4. The van der Waals surface area contributed by atoms with Crippen molar-refractivity contribution in [3.63, 3.8) is 0 Å². The summed E-state index contributed by atoms with van der Waals surface area (Å²) in [6, 6.07) is 6.21. The molecule has 27 heavy (non-hydrogen) atoms. The van der Waals surface area contributed by atoms with Crippen LogP contribution in [0.2, 0.25) is 0 Å². The lowest BCUT2D eigenvalue weighted by molar-refractivity contribution is 0.176.